The van der Waals surface area contributed by atoms with Gasteiger partial charge in [-0.2, -0.15) is 0 Å². The lowest BCUT2D eigenvalue weighted by Gasteiger charge is -1.80. The summed E-state index contributed by atoms with van der Waals surface area (Å²) in [6.45, 7) is 2.85. The highest BCUT2D eigenvalue weighted by Gasteiger charge is 1.82. The molecule has 0 aromatic heterocycles. The molecule has 0 amide bonds. The van der Waals surface area contributed by atoms with E-state index in [0.717, 1.165) is 0 Å². The second-order valence-corrected chi connectivity index (χ2v) is 1.40. The number of ketones is 1. The van der Waals surface area contributed by atoms with Crippen molar-refractivity contribution in [2.75, 3.05) is 0 Å². The summed E-state index contributed by atoms with van der Waals surface area (Å²) >= 11 is 0. The standard InChI is InChI=1S/C5H8O2.Mg.H2O.2H/c1-4(6)3-5(2)7;;;;/h3,6H,1-2H3;;1H2;;/b4-3-;;;;. The van der Waals surface area contributed by atoms with E-state index < -0.39 is 0 Å². The van der Waals surface area contributed by atoms with E-state index in [0.29, 0.717) is 0 Å². The van der Waals surface area contributed by atoms with Crippen LogP contribution in [0.5, 0.6) is 0 Å². The van der Waals surface area contributed by atoms with Crippen molar-refractivity contribution in [2.24, 2.45) is 0 Å². The minimum atomic E-state index is -0.125. The summed E-state index contributed by atoms with van der Waals surface area (Å²) in [5.41, 5.74) is 0. The van der Waals surface area contributed by atoms with Crippen LogP contribution in [0.4, 0.5) is 0 Å². The second kappa shape index (κ2) is 7.94. The van der Waals surface area contributed by atoms with E-state index >= 15 is 0 Å². The van der Waals surface area contributed by atoms with Crippen molar-refractivity contribution in [1.82, 2.24) is 0 Å². The first-order chi connectivity index (χ1) is 3.13. The molecule has 0 aliphatic carbocycles. The molecule has 0 aromatic carbocycles. The van der Waals surface area contributed by atoms with Crippen LogP contribution < -0.4 is 0 Å². The molecule has 4 heteroatoms. The molecule has 0 heterocycles. The van der Waals surface area contributed by atoms with Gasteiger partial charge >= 0.3 is 23.1 Å². The molecule has 0 bridgehead atoms. The quantitative estimate of drug-likeness (QED) is 0.300. The third-order valence-electron chi connectivity index (χ3n) is 0.412. The van der Waals surface area contributed by atoms with Gasteiger partial charge in [-0.1, -0.05) is 0 Å². The van der Waals surface area contributed by atoms with Gasteiger partial charge in [0.25, 0.3) is 0 Å². The summed E-state index contributed by atoms with van der Waals surface area (Å²) in [6.07, 6.45) is 1.17. The van der Waals surface area contributed by atoms with E-state index in [-0.39, 0.29) is 40.1 Å². The molecule has 0 saturated carbocycles. The Labute approximate surface area is 70.2 Å². The normalized spacial score (nSPS) is 8.89. The molecule has 0 aromatic rings. The Morgan fingerprint density at radius 1 is 1.44 bits per heavy atom. The molecular formula is C5H12MgO3. The minimum absolute atomic E-state index is 0. The molecule has 0 unspecified atom stereocenters. The number of carbonyl (C=O) groups excluding carboxylic acids is 1. The van der Waals surface area contributed by atoms with Gasteiger partial charge in [0.1, 0.15) is 0 Å². The van der Waals surface area contributed by atoms with Gasteiger partial charge < -0.3 is 10.6 Å². The fraction of sp³-hybridized carbons (Fsp3) is 0.400. The molecule has 0 aliphatic rings. The van der Waals surface area contributed by atoms with E-state index in [1.54, 1.807) is 0 Å². The van der Waals surface area contributed by atoms with Crippen LogP contribution in [-0.4, -0.2) is 39.4 Å². The van der Waals surface area contributed by atoms with Gasteiger partial charge in [-0.3, -0.25) is 4.79 Å². The van der Waals surface area contributed by atoms with Crippen LogP contribution in [0.25, 0.3) is 0 Å². The third-order valence-corrected chi connectivity index (χ3v) is 0.412. The first-order valence-corrected chi connectivity index (χ1v) is 2.01. The Morgan fingerprint density at radius 2 is 1.78 bits per heavy atom. The van der Waals surface area contributed by atoms with Crippen molar-refractivity contribution in [3.8, 4) is 0 Å². The number of allylic oxidation sites excluding steroid dienone is 2. The maximum Gasteiger partial charge on any atom is 0.316 e. The monoisotopic (exact) mass is 144 g/mol. The Balaban J connectivity index is -0.000000180. The van der Waals surface area contributed by atoms with Gasteiger partial charge in [0.2, 0.25) is 0 Å². The molecular weight excluding hydrogens is 132 g/mol. The summed E-state index contributed by atoms with van der Waals surface area (Å²) in [5, 5.41) is 8.36. The lowest BCUT2D eigenvalue weighted by atomic mass is 10.4. The fourth-order valence-electron chi connectivity index (χ4n) is 0.294. The van der Waals surface area contributed by atoms with Crippen LogP contribution in [0.2, 0.25) is 0 Å². The molecule has 0 atom stereocenters. The van der Waals surface area contributed by atoms with Crippen LogP contribution in [0.15, 0.2) is 11.8 Å². The average molecular weight is 144 g/mol. The lowest BCUT2D eigenvalue weighted by Crippen LogP contribution is -1.82. The van der Waals surface area contributed by atoms with Crippen molar-refractivity contribution in [3.63, 3.8) is 0 Å². The minimum Gasteiger partial charge on any atom is -0.512 e. The fourth-order valence-corrected chi connectivity index (χ4v) is 0.294. The summed E-state index contributed by atoms with van der Waals surface area (Å²) in [4.78, 5) is 10.0. The highest BCUT2D eigenvalue weighted by Crippen LogP contribution is 1.82. The van der Waals surface area contributed by atoms with Crippen LogP contribution in [-0.2, 0) is 4.79 Å². The summed E-state index contributed by atoms with van der Waals surface area (Å²) in [5.74, 6) is -0.0625. The SMILES string of the molecule is CC(=O)/C=C(/C)O.O.[MgH2]. The van der Waals surface area contributed by atoms with E-state index in [1.165, 1.54) is 19.9 Å². The molecule has 0 fully saturated rings. The third kappa shape index (κ3) is 18.0. The second-order valence-electron chi connectivity index (χ2n) is 1.40. The zero-order valence-corrected chi connectivity index (χ0v) is 4.93. The smallest absolute Gasteiger partial charge is 0.316 e. The highest BCUT2D eigenvalue weighted by atomic mass is 24.3. The van der Waals surface area contributed by atoms with Gasteiger partial charge in [0, 0.05) is 6.08 Å². The highest BCUT2D eigenvalue weighted by molar-refractivity contribution is 5.87. The largest absolute Gasteiger partial charge is 0.512 e. The van der Waals surface area contributed by atoms with E-state index in [9.17, 15) is 4.79 Å². The van der Waals surface area contributed by atoms with Gasteiger partial charge in [0.05, 0.1) is 5.76 Å². The Kier molecular flexibility index (Phi) is 14.1. The van der Waals surface area contributed by atoms with E-state index in [1.807, 2.05) is 0 Å². The average Bonchev–Trinajstić information content (AvgIpc) is 1.27. The zero-order valence-electron chi connectivity index (χ0n) is 4.93. The summed E-state index contributed by atoms with van der Waals surface area (Å²) in [6, 6.07) is 0. The number of carbonyl (C=O) groups is 1. The molecule has 9 heavy (non-hydrogen) atoms. The van der Waals surface area contributed by atoms with Crippen LogP contribution in [0.3, 0.4) is 0 Å². The molecule has 0 aliphatic heterocycles. The Bertz CT molecular complexity index is 105. The molecule has 52 valence electrons. The van der Waals surface area contributed by atoms with E-state index in [2.05, 4.69) is 0 Å². The maximum absolute atomic E-state index is 10.0. The van der Waals surface area contributed by atoms with Crippen molar-refractivity contribution in [2.45, 2.75) is 13.8 Å². The van der Waals surface area contributed by atoms with Crippen molar-refractivity contribution in [3.05, 3.63) is 11.8 Å². The number of aliphatic hydroxyl groups excluding tert-OH is 1. The van der Waals surface area contributed by atoms with Gasteiger partial charge in [-0.15, -0.1) is 0 Å². The Morgan fingerprint density at radius 3 is 1.78 bits per heavy atom. The molecule has 3 nitrogen and oxygen atoms in total. The van der Waals surface area contributed by atoms with Gasteiger partial charge in [-0.05, 0) is 13.8 Å². The van der Waals surface area contributed by atoms with Crippen LogP contribution in [0, 0.1) is 0 Å². The lowest BCUT2D eigenvalue weighted by molar-refractivity contribution is -0.112. The number of rotatable bonds is 1. The molecule has 3 N–H and O–H groups in total. The van der Waals surface area contributed by atoms with E-state index in [4.69, 9.17) is 5.11 Å². The van der Waals surface area contributed by atoms with Crippen molar-refractivity contribution >= 4 is 28.8 Å². The molecule has 0 rings (SSSR count). The molecule has 0 spiro atoms. The van der Waals surface area contributed by atoms with Gasteiger partial charge in [0.15, 0.2) is 5.78 Å². The number of hydrogen-bond donors (Lipinski definition) is 1. The number of hydrogen-bond acceptors (Lipinski definition) is 2. The Hall–Kier alpha value is -0.0638. The maximum atomic E-state index is 10.0. The first kappa shape index (κ1) is 16.0. The van der Waals surface area contributed by atoms with Crippen LogP contribution in [0.1, 0.15) is 13.8 Å². The number of aliphatic hydroxyl groups is 1. The zero-order chi connectivity index (χ0) is 5.86. The summed E-state index contributed by atoms with van der Waals surface area (Å²) in [7, 11) is 0. The topological polar surface area (TPSA) is 68.8 Å². The van der Waals surface area contributed by atoms with Crippen molar-refractivity contribution in [1.29, 1.82) is 0 Å². The predicted molar refractivity (Wildman–Crippen MR) is 39.2 cm³/mol. The van der Waals surface area contributed by atoms with Crippen LogP contribution >= 0.6 is 0 Å². The molecule has 0 radical (unpaired) electrons. The first-order valence-electron chi connectivity index (χ1n) is 2.01. The van der Waals surface area contributed by atoms with Gasteiger partial charge in [-0.25, -0.2) is 0 Å². The van der Waals surface area contributed by atoms with Crippen molar-refractivity contribution < 1.29 is 15.4 Å². The summed E-state index contributed by atoms with van der Waals surface area (Å²) < 4.78 is 0. The predicted octanol–water partition coefficient (Wildman–Crippen LogP) is -0.704. The molecule has 0 saturated heterocycles.